The Morgan fingerprint density at radius 3 is 2.38 bits per heavy atom. The lowest BCUT2D eigenvalue weighted by atomic mass is 9.82. The normalized spacial score (nSPS) is 36.1. The predicted molar refractivity (Wildman–Crippen MR) is 96.3 cm³/mol. The largest absolute Gasteiger partial charge is 0.354 e. The number of aromatic nitrogens is 3. The second-order valence-electron chi connectivity index (χ2n) is 8.49. The van der Waals surface area contributed by atoms with Gasteiger partial charge in [-0.2, -0.15) is 30.3 Å². The minimum Gasteiger partial charge on any atom is -0.354 e. The van der Waals surface area contributed by atoms with Crippen LogP contribution in [0.2, 0.25) is 0 Å². The molecule has 2 aliphatic heterocycles. The van der Waals surface area contributed by atoms with Crippen LogP contribution >= 0.6 is 0 Å². The summed E-state index contributed by atoms with van der Waals surface area (Å²) in [7, 11) is 0. The second-order valence-corrected chi connectivity index (χ2v) is 8.49. The van der Waals surface area contributed by atoms with Crippen LogP contribution in [0.15, 0.2) is 20.6 Å². The van der Waals surface area contributed by atoms with Gasteiger partial charge in [-0.3, -0.25) is 0 Å². The van der Waals surface area contributed by atoms with Gasteiger partial charge in [0.05, 0.1) is 6.04 Å². The average Bonchev–Trinajstić information content (AvgIpc) is 3.13. The number of hydrogen-bond acceptors (Lipinski definition) is 10. The molecule has 0 unspecified atom stereocenters. The van der Waals surface area contributed by atoms with Crippen LogP contribution in [-0.2, 0) is 0 Å². The summed E-state index contributed by atoms with van der Waals surface area (Å²) >= 11 is 0. The lowest BCUT2D eigenvalue weighted by molar-refractivity contribution is 0.242. The third-order valence-electron chi connectivity index (χ3n) is 5.55. The van der Waals surface area contributed by atoms with Crippen LogP contribution in [0.3, 0.4) is 0 Å². The summed E-state index contributed by atoms with van der Waals surface area (Å²) in [5.41, 5.74) is -0.150. The summed E-state index contributed by atoms with van der Waals surface area (Å²) in [6, 6.07) is 1.04. The van der Waals surface area contributed by atoms with Crippen LogP contribution in [0.1, 0.15) is 34.1 Å². The van der Waals surface area contributed by atoms with Crippen molar-refractivity contribution >= 4 is 17.8 Å². The van der Waals surface area contributed by atoms with Crippen molar-refractivity contribution in [2.75, 3.05) is 22.2 Å². The SMILES string of the molecule is CCNc1nc(NC(C)(C)C)nc(N2N=N[C@H]3[C@H]4C[C@H]([C@@H]5N=N[C@H]45)[C@H]32)n1. The minimum absolute atomic E-state index is 0.150. The molecule has 0 amide bonds. The molecule has 3 heterocycles. The Morgan fingerprint density at radius 2 is 1.69 bits per heavy atom. The monoisotopic (exact) mass is 356 g/mol. The quantitative estimate of drug-likeness (QED) is 0.855. The molecule has 26 heavy (non-hydrogen) atoms. The summed E-state index contributed by atoms with van der Waals surface area (Å²) in [5, 5.41) is 26.0. The van der Waals surface area contributed by atoms with E-state index in [0.717, 1.165) is 13.0 Å². The Morgan fingerprint density at radius 1 is 0.962 bits per heavy atom. The van der Waals surface area contributed by atoms with Crippen molar-refractivity contribution in [1.29, 1.82) is 0 Å². The van der Waals surface area contributed by atoms with E-state index in [0.29, 0.717) is 41.8 Å². The van der Waals surface area contributed by atoms with Gasteiger partial charge in [-0.25, -0.2) is 5.01 Å². The Kier molecular flexibility index (Phi) is 3.23. The van der Waals surface area contributed by atoms with Crippen LogP contribution in [0, 0.1) is 11.8 Å². The highest BCUT2D eigenvalue weighted by Crippen LogP contribution is 2.56. The van der Waals surface area contributed by atoms with E-state index in [1.54, 1.807) is 0 Å². The Balaban J connectivity index is 1.48. The Labute approximate surface area is 152 Å². The van der Waals surface area contributed by atoms with E-state index >= 15 is 0 Å². The van der Waals surface area contributed by atoms with E-state index in [4.69, 9.17) is 0 Å². The van der Waals surface area contributed by atoms with Gasteiger partial charge in [-0.1, -0.05) is 5.22 Å². The third-order valence-corrected chi connectivity index (χ3v) is 5.55. The molecule has 0 spiro atoms. The molecule has 2 aliphatic carbocycles. The Hall–Kier alpha value is -2.39. The van der Waals surface area contributed by atoms with E-state index in [1.807, 2.05) is 11.9 Å². The molecule has 4 aliphatic rings. The molecule has 0 radical (unpaired) electrons. The summed E-state index contributed by atoms with van der Waals surface area (Å²) in [5.74, 6) is 2.53. The highest BCUT2D eigenvalue weighted by Gasteiger charge is 2.65. The zero-order chi connectivity index (χ0) is 18.1. The van der Waals surface area contributed by atoms with E-state index in [1.165, 1.54) is 0 Å². The molecule has 1 aromatic heterocycles. The molecule has 2 bridgehead atoms. The molecule has 0 aromatic carbocycles. The van der Waals surface area contributed by atoms with E-state index in [-0.39, 0.29) is 17.6 Å². The topological polar surface area (TPSA) is 115 Å². The van der Waals surface area contributed by atoms with Gasteiger partial charge in [-0.05, 0) is 34.1 Å². The summed E-state index contributed by atoms with van der Waals surface area (Å²) < 4.78 is 0. The molecular formula is C16H24N10. The number of anilines is 3. The maximum atomic E-state index is 4.63. The summed E-state index contributed by atoms with van der Waals surface area (Å²) in [4.78, 5) is 13.7. The molecule has 1 aromatic rings. The number of rotatable bonds is 4. The van der Waals surface area contributed by atoms with Crippen molar-refractivity contribution in [3.63, 3.8) is 0 Å². The zero-order valence-electron chi connectivity index (χ0n) is 15.5. The first-order valence-electron chi connectivity index (χ1n) is 9.33. The van der Waals surface area contributed by atoms with Crippen LogP contribution in [0.25, 0.3) is 0 Å². The van der Waals surface area contributed by atoms with E-state index < -0.39 is 0 Å². The minimum atomic E-state index is -0.150. The fourth-order valence-electron chi connectivity index (χ4n) is 4.60. The lowest BCUT2D eigenvalue weighted by Gasteiger charge is -2.37. The van der Waals surface area contributed by atoms with Crippen molar-refractivity contribution in [3.8, 4) is 0 Å². The zero-order valence-corrected chi connectivity index (χ0v) is 15.5. The maximum Gasteiger partial charge on any atom is 0.254 e. The first kappa shape index (κ1) is 15.8. The molecule has 5 rings (SSSR count). The smallest absolute Gasteiger partial charge is 0.254 e. The van der Waals surface area contributed by atoms with Gasteiger partial charge in [0, 0.05) is 23.9 Å². The molecule has 10 nitrogen and oxygen atoms in total. The van der Waals surface area contributed by atoms with E-state index in [9.17, 15) is 0 Å². The first-order valence-corrected chi connectivity index (χ1v) is 9.33. The van der Waals surface area contributed by atoms with Crippen molar-refractivity contribution < 1.29 is 0 Å². The van der Waals surface area contributed by atoms with Crippen LogP contribution in [0.4, 0.5) is 17.8 Å². The molecule has 6 atom stereocenters. The van der Waals surface area contributed by atoms with Crippen molar-refractivity contribution in [2.24, 2.45) is 32.4 Å². The first-order chi connectivity index (χ1) is 12.4. The molecule has 138 valence electrons. The van der Waals surface area contributed by atoms with Crippen LogP contribution in [-0.4, -0.2) is 51.2 Å². The summed E-state index contributed by atoms with van der Waals surface area (Å²) in [6.07, 6.45) is 1.12. The van der Waals surface area contributed by atoms with Gasteiger partial charge in [0.25, 0.3) is 5.95 Å². The number of nitrogens with one attached hydrogen (secondary N) is 2. The number of nitrogens with zero attached hydrogens (tertiary/aromatic N) is 8. The standard InChI is InChI=1S/C16H24N10/c1-5-17-13-18-14(21-16(2,3)4)20-15(19-13)26-12-8-6-7(11(12)24-25-26)9-10(8)23-22-9/h7-12H,5-6H2,1-4H3,(H2,17,18,19,20,21)/t7-,8+,9+,10-,11-,12+/m0/s1. The third kappa shape index (κ3) is 2.27. The van der Waals surface area contributed by atoms with Gasteiger partial charge < -0.3 is 10.6 Å². The maximum absolute atomic E-state index is 4.63. The fraction of sp³-hybridized carbons (Fsp3) is 0.812. The molecule has 2 saturated carbocycles. The fourth-order valence-corrected chi connectivity index (χ4v) is 4.60. The van der Waals surface area contributed by atoms with Gasteiger partial charge in [0.1, 0.15) is 18.1 Å². The molecule has 10 heteroatoms. The van der Waals surface area contributed by atoms with Gasteiger partial charge in [0.2, 0.25) is 11.9 Å². The highest BCUT2D eigenvalue weighted by molar-refractivity contribution is 5.46. The molecule has 0 saturated heterocycles. The van der Waals surface area contributed by atoms with Crippen molar-refractivity contribution in [1.82, 2.24) is 15.0 Å². The van der Waals surface area contributed by atoms with Gasteiger partial charge in [-0.15, -0.1) is 0 Å². The van der Waals surface area contributed by atoms with Crippen LogP contribution < -0.4 is 15.6 Å². The van der Waals surface area contributed by atoms with E-state index in [2.05, 4.69) is 66.9 Å². The second kappa shape index (κ2) is 5.31. The summed E-state index contributed by atoms with van der Waals surface area (Å²) in [6.45, 7) is 8.98. The highest BCUT2D eigenvalue weighted by atomic mass is 15.6. The van der Waals surface area contributed by atoms with Crippen LogP contribution in [0.5, 0.6) is 0 Å². The Bertz CT molecular complexity index is 784. The lowest BCUT2D eigenvalue weighted by Crippen LogP contribution is -2.52. The van der Waals surface area contributed by atoms with Crippen molar-refractivity contribution in [3.05, 3.63) is 0 Å². The predicted octanol–water partition coefficient (Wildman–Crippen LogP) is 2.29. The van der Waals surface area contributed by atoms with Crippen molar-refractivity contribution in [2.45, 2.75) is 63.8 Å². The molecular weight excluding hydrogens is 332 g/mol. The number of fused-ring (bicyclic) bond motifs is 8. The average molecular weight is 356 g/mol. The van der Waals surface area contributed by atoms with Gasteiger partial charge >= 0.3 is 0 Å². The number of azo groups is 1. The molecule has 2 N–H and O–H groups in total. The molecule has 2 fully saturated rings. The number of hydrogen-bond donors (Lipinski definition) is 2. The van der Waals surface area contributed by atoms with Gasteiger partial charge in [0.15, 0.2) is 0 Å².